The van der Waals surface area contributed by atoms with Crippen LogP contribution < -0.4 is 10.1 Å². The van der Waals surface area contributed by atoms with Crippen LogP contribution in [0, 0.1) is 11.8 Å². The summed E-state index contributed by atoms with van der Waals surface area (Å²) in [6.45, 7) is 9.03. The van der Waals surface area contributed by atoms with Crippen molar-refractivity contribution >= 4 is 0 Å². The van der Waals surface area contributed by atoms with Crippen LogP contribution in [0.15, 0.2) is 24.3 Å². The van der Waals surface area contributed by atoms with Gasteiger partial charge in [-0.1, -0.05) is 12.1 Å². The van der Waals surface area contributed by atoms with Crippen LogP contribution in [-0.4, -0.2) is 12.6 Å². The van der Waals surface area contributed by atoms with E-state index in [0.29, 0.717) is 6.04 Å². The molecule has 0 heterocycles. The molecular weight excluding hydrogens is 222 g/mol. The minimum atomic E-state index is 0.221. The molecule has 1 unspecified atom stereocenters. The molecule has 0 saturated carbocycles. The molecule has 1 aromatic carbocycles. The third kappa shape index (κ3) is 5.25. The zero-order chi connectivity index (χ0) is 13.4. The number of hydrogen-bond acceptors (Lipinski definition) is 2. The predicted molar refractivity (Wildman–Crippen MR) is 76.7 cm³/mol. The van der Waals surface area contributed by atoms with Gasteiger partial charge in [-0.3, -0.25) is 0 Å². The molecule has 0 radical (unpaired) electrons. The first kappa shape index (κ1) is 14.6. The molecule has 0 aliphatic heterocycles. The van der Waals surface area contributed by atoms with Crippen molar-refractivity contribution in [3.63, 3.8) is 0 Å². The monoisotopic (exact) mass is 245 g/mol. The zero-order valence-corrected chi connectivity index (χ0v) is 11.8. The van der Waals surface area contributed by atoms with Gasteiger partial charge in [0.05, 0.1) is 6.10 Å². The van der Waals surface area contributed by atoms with Gasteiger partial charge in [0.25, 0.3) is 0 Å². The van der Waals surface area contributed by atoms with E-state index in [4.69, 9.17) is 4.74 Å². The average Bonchev–Trinajstić information content (AvgIpc) is 2.34. The third-order valence-corrected chi connectivity index (χ3v) is 2.63. The van der Waals surface area contributed by atoms with Gasteiger partial charge in [-0.05, 0) is 45.4 Å². The van der Waals surface area contributed by atoms with E-state index in [1.54, 1.807) is 0 Å². The fourth-order valence-electron chi connectivity index (χ4n) is 1.70. The Morgan fingerprint density at radius 1 is 1.17 bits per heavy atom. The van der Waals surface area contributed by atoms with Crippen LogP contribution >= 0.6 is 0 Å². The van der Waals surface area contributed by atoms with Crippen molar-refractivity contribution in [3.8, 4) is 17.6 Å². The number of ether oxygens (including phenoxy) is 1. The van der Waals surface area contributed by atoms with Gasteiger partial charge in [-0.2, -0.15) is 0 Å². The van der Waals surface area contributed by atoms with Crippen molar-refractivity contribution in [2.24, 2.45) is 0 Å². The molecule has 2 nitrogen and oxygen atoms in total. The molecule has 0 aliphatic rings. The van der Waals surface area contributed by atoms with Crippen LogP contribution in [0.5, 0.6) is 5.75 Å². The van der Waals surface area contributed by atoms with E-state index < -0.39 is 0 Å². The van der Waals surface area contributed by atoms with Crippen LogP contribution in [0.3, 0.4) is 0 Å². The number of nitrogens with one attached hydrogen (secondary N) is 1. The van der Waals surface area contributed by atoms with Gasteiger partial charge >= 0.3 is 0 Å². The van der Waals surface area contributed by atoms with Gasteiger partial charge in [-0.25, -0.2) is 0 Å². The maximum absolute atomic E-state index is 5.62. The normalized spacial score (nSPS) is 11.8. The predicted octanol–water partition coefficient (Wildman–Crippen LogP) is 3.54. The highest BCUT2D eigenvalue weighted by atomic mass is 16.5. The zero-order valence-electron chi connectivity index (χ0n) is 11.8. The molecule has 1 N–H and O–H groups in total. The highest BCUT2D eigenvalue weighted by molar-refractivity contribution is 5.29. The Labute approximate surface area is 111 Å². The fourth-order valence-corrected chi connectivity index (χ4v) is 1.70. The Bertz CT molecular complexity index is 397. The Hall–Kier alpha value is -1.46. The van der Waals surface area contributed by atoms with Crippen LogP contribution in [0.1, 0.15) is 45.7 Å². The lowest BCUT2D eigenvalue weighted by atomic mass is 10.1. The summed E-state index contributed by atoms with van der Waals surface area (Å²) in [4.78, 5) is 0. The summed E-state index contributed by atoms with van der Waals surface area (Å²) in [6, 6.07) is 8.62. The standard InChI is InChI=1S/C16H23NO/c1-5-6-7-12-17-14(4)15-8-10-16(11-9-15)18-13(2)3/h8-11,13-14,17H,7,12H2,1-4H3. The van der Waals surface area contributed by atoms with Crippen LogP contribution in [-0.2, 0) is 0 Å². The van der Waals surface area contributed by atoms with Crippen molar-refractivity contribution in [1.82, 2.24) is 5.32 Å². The lowest BCUT2D eigenvalue weighted by molar-refractivity contribution is 0.242. The minimum Gasteiger partial charge on any atom is -0.491 e. The highest BCUT2D eigenvalue weighted by Gasteiger charge is 2.04. The van der Waals surface area contributed by atoms with Crippen molar-refractivity contribution < 1.29 is 4.74 Å². The van der Waals surface area contributed by atoms with Crippen molar-refractivity contribution in [2.75, 3.05) is 6.54 Å². The molecule has 0 fully saturated rings. The van der Waals surface area contributed by atoms with Crippen LogP contribution in [0.4, 0.5) is 0 Å². The second kappa shape index (κ2) is 7.79. The van der Waals surface area contributed by atoms with E-state index >= 15 is 0 Å². The van der Waals surface area contributed by atoms with E-state index in [1.165, 1.54) is 5.56 Å². The van der Waals surface area contributed by atoms with Crippen molar-refractivity contribution in [3.05, 3.63) is 29.8 Å². The van der Waals surface area contributed by atoms with Gasteiger partial charge in [0.15, 0.2) is 0 Å². The molecule has 98 valence electrons. The van der Waals surface area contributed by atoms with Crippen LogP contribution in [0.2, 0.25) is 0 Å². The number of benzene rings is 1. The molecular formula is C16H23NO. The summed E-state index contributed by atoms with van der Waals surface area (Å²) in [6.07, 6.45) is 1.12. The second-order valence-corrected chi connectivity index (χ2v) is 4.59. The lowest BCUT2D eigenvalue weighted by Gasteiger charge is -2.15. The number of hydrogen-bond donors (Lipinski definition) is 1. The smallest absolute Gasteiger partial charge is 0.119 e. The third-order valence-electron chi connectivity index (χ3n) is 2.63. The summed E-state index contributed by atoms with van der Waals surface area (Å²) in [5.74, 6) is 6.88. The maximum atomic E-state index is 5.62. The summed E-state index contributed by atoms with van der Waals surface area (Å²) in [7, 11) is 0. The summed E-state index contributed by atoms with van der Waals surface area (Å²) in [5, 5.41) is 3.45. The van der Waals surface area contributed by atoms with Gasteiger partial charge in [-0.15, -0.1) is 11.8 Å². The average molecular weight is 245 g/mol. The molecule has 1 atom stereocenters. The Kier molecular flexibility index (Phi) is 6.32. The van der Waals surface area contributed by atoms with Gasteiger partial charge in [0, 0.05) is 19.0 Å². The van der Waals surface area contributed by atoms with Crippen molar-refractivity contribution in [2.45, 2.75) is 46.3 Å². The Morgan fingerprint density at radius 3 is 2.39 bits per heavy atom. The van der Waals surface area contributed by atoms with E-state index in [0.717, 1.165) is 18.7 Å². The largest absolute Gasteiger partial charge is 0.491 e. The lowest BCUT2D eigenvalue weighted by Crippen LogP contribution is -2.19. The van der Waals surface area contributed by atoms with E-state index in [-0.39, 0.29) is 6.10 Å². The minimum absolute atomic E-state index is 0.221. The molecule has 1 aromatic rings. The Balaban J connectivity index is 2.47. The molecule has 0 aliphatic carbocycles. The summed E-state index contributed by atoms with van der Waals surface area (Å²) < 4.78 is 5.62. The molecule has 0 aromatic heterocycles. The fraction of sp³-hybridized carbons (Fsp3) is 0.500. The molecule has 0 saturated heterocycles. The first-order valence-corrected chi connectivity index (χ1v) is 6.53. The van der Waals surface area contributed by atoms with Gasteiger partial charge in [0.1, 0.15) is 5.75 Å². The highest BCUT2D eigenvalue weighted by Crippen LogP contribution is 2.18. The van der Waals surface area contributed by atoms with Gasteiger partial charge in [0.2, 0.25) is 0 Å². The van der Waals surface area contributed by atoms with Crippen LogP contribution in [0.25, 0.3) is 0 Å². The number of rotatable bonds is 6. The first-order chi connectivity index (χ1) is 8.63. The summed E-state index contributed by atoms with van der Waals surface area (Å²) in [5.41, 5.74) is 1.27. The van der Waals surface area contributed by atoms with E-state index in [2.05, 4.69) is 36.2 Å². The van der Waals surface area contributed by atoms with E-state index in [9.17, 15) is 0 Å². The van der Waals surface area contributed by atoms with E-state index in [1.807, 2.05) is 32.9 Å². The Morgan fingerprint density at radius 2 is 1.83 bits per heavy atom. The molecule has 18 heavy (non-hydrogen) atoms. The van der Waals surface area contributed by atoms with Crippen molar-refractivity contribution in [1.29, 1.82) is 0 Å². The quantitative estimate of drug-likeness (QED) is 0.611. The molecule has 2 heteroatoms. The molecule has 0 bridgehead atoms. The first-order valence-electron chi connectivity index (χ1n) is 6.53. The topological polar surface area (TPSA) is 21.3 Å². The molecule has 0 amide bonds. The SMILES string of the molecule is CC#CCCNC(C)c1ccc(OC(C)C)cc1. The maximum Gasteiger partial charge on any atom is 0.119 e. The second-order valence-electron chi connectivity index (χ2n) is 4.59. The molecule has 0 spiro atoms. The summed E-state index contributed by atoms with van der Waals surface area (Å²) >= 11 is 0. The molecule has 1 rings (SSSR count). The van der Waals surface area contributed by atoms with Gasteiger partial charge < -0.3 is 10.1 Å².